The molecule has 1 aromatic heterocycles. The first-order chi connectivity index (χ1) is 10.2. The zero-order valence-electron chi connectivity index (χ0n) is 12.6. The van der Waals surface area contributed by atoms with Crippen molar-refractivity contribution in [3.8, 4) is 0 Å². The minimum Gasteiger partial charge on any atom is -0.366 e. The molecule has 0 aromatic carbocycles. The van der Waals surface area contributed by atoms with E-state index >= 15 is 0 Å². The number of carbonyl (C=O) groups is 1. The third-order valence-electron chi connectivity index (χ3n) is 4.26. The second-order valence-corrected chi connectivity index (χ2v) is 5.92. The Hall–Kier alpha value is -1.69. The summed E-state index contributed by atoms with van der Waals surface area (Å²) in [5.74, 6) is 0.870. The molecule has 2 aliphatic rings. The van der Waals surface area contributed by atoms with E-state index in [9.17, 15) is 4.79 Å². The van der Waals surface area contributed by atoms with Crippen LogP contribution < -0.4 is 4.90 Å². The van der Waals surface area contributed by atoms with E-state index in [4.69, 9.17) is 4.74 Å². The van der Waals surface area contributed by atoms with Crippen molar-refractivity contribution in [2.75, 3.05) is 24.6 Å². The third kappa shape index (κ3) is 2.85. The SMILES string of the molecule is CC(C)N1C(=O)CO[C@H]2CCN(c3ncccn3)CC[C@@H]21. The van der Waals surface area contributed by atoms with Crippen molar-refractivity contribution >= 4 is 11.9 Å². The highest BCUT2D eigenvalue weighted by Gasteiger charge is 2.39. The minimum atomic E-state index is 0.107. The molecule has 0 saturated carbocycles. The van der Waals surface area contributed by atoms with Crippen molar-refractivity contribution in [1.29, 1.82) is 0 Å². The van der Waals surface area contributed by atoms with Gasteiger partial charge in [-0.05, 0) is 32.8 Å². The molecule has 1 aromatic rings. The summed E-state index contributed by atoms with van der Waals surface area (Å²) in [5, 5.41) is 0. The largest absolute Gasteiger partial charge is 0.366 e. The Morgan fingerprint density at radius 2 is 1.95 bits per heavy atom. The molecule has 3 rings (SSSR count). The van der Waals surface area contributed by atoms with E-state index in [-0.39, 0.29) is 30.7 Å². The number of fused-ring (bicyclic) bond motifs is 1. The van der Waals surface area contributed by atoms with Crippen LogP contribution in [0.3, 0.4) is 0 Å². The van der Waals surface area contributed by atoms with Gasteiger partial charge in [0.25, 0.3) is 0 Å². The molecule has 0 spiro atoms. The number of nitrogens with zero attached hydrogens (tertiary/aromatic N) is 4. The van der Waals surface area contributed by atoms with Gasteiger partial charge in [-0.1, -0.05) is 0 Å². The van der Waals surface area contributed by atoms with Gasteiger partial charge in [-0.15, -0.1) is 0 Å². The fourth-order valence-corrected chi connectivity index (χ4v) is 3.34. The van der Waals surface area contributed by atoms with Gasteiger partial charge in [0.2, 0.25) is 11.9 Å². The van der Waals surface area contributed by atoms with Crippen molar-refractivity contribution in [3.63, 3.8) is 0 Å². The van der Waals surface area contributed by atoms with Gasteiger partial charge >= 0.3 is 0 Å². The number of amides is 1. The molecular formula is C15H22N4O2. The molecule has 1 amide bonds. The molecular weight excluding hydrogens is 268 g/mol. The normalized spacial score (nSPS) is 26.7. The van der Waals surface area contributed by atoms with Crippen molar-refractivity contribution in [2.24, 2.45) is 0 Å². The van der Waals surface area contributed by atoms with Crippen molar-refractivity contribution in [1.82, 2.24) is 14.9 Å². The highest BCUT2D eigenvalue weighted by atomic mass is 16.5. The van der Waals surface area contributed by atoms with E-state index in [1.165, 1.54) is 0 Å². The smallest absolute Gasteiger partial charge is 0.249 e. The highest BCUT2D eigenvalue weighted by molar-refractivity contribution is 5.79. The molecule has 0 radical (unpaired) electrons. The first-order valence-electron chi connectivity index (χ1n) is 7.61. The second kappa shape index (κ2) is 5.97. The average Bonchev–Trinajstić information content (AvgIpc) is 2.70. The Labute approximate surface area is 125 Å². The Kier molecular flexibility index (Phi) is 4.05. The maximum absolute atomic E-state index is 12.1. The Bertz CT molecular complexity index is 494. The van der Waals surface area contributed by atoms with Crippen LogP contribution in [0.4, 0.5) is 5.95 Å². The zero-order chi connectivity index (χ0) is 14.8. The van der Waals surface area contributed by atoms with Gasteiger partial charge in [0, 0.05) is 31.5 Å². The van der Waals surface area contributed by atoms with E-state index in [0.717, 1.165) is 31.9 Å². The molecule has 3 heterocycles. The van der Waals surface area contributed by atoms with Crippen molar-refractivity contribution < 1.29 is 9.53 Å². The lowest BCUT2D eigenvalue weighted by molar-refractivity contribution is -0.160. The number of ether oxygens (including phenoxy) is 1. The summed E-state index contributed by atoms with van der Waals surface area (Å²) in [6, 6.07) is 2.21. The molecule has 2 fully saturated rings. The highest BCUT2D eigenvalue weighted by Crippen LogP contribution is 2.27. The summed E-state index contributed by atoms with van der Waals surface area (Å²) in [7, 11) is 0. The van der Waals surface area contributed by atoms with Crippen molar-refractivity contribution in [3.05, 3.63) is 18.5 Å². The predicted octanol–water partition coefficient (Wildman–Crippen LogP) is 1.08. The maximum Gasteiger partial charge on any atom is 0.249 e. The van der Waals surface area contributed by atoms with Crippen LogP contribution in [0.25, 0.3) is 0 Å². The topological polar surface area (TPSA) is 58.6 Å². The summed E-state index contributed by atoms with van der Waals surface area (Å²) in [4.78, 5) is 25.0. The number of hydrogen-bond donors (Lipinski definition) is 0. The monoisotopic (exact) mass is 290 g/mol. The van der Waals surface area contributed by atoms with Gasteiger partial charge in [0.1, 0.15) is 6.61 Å². The zero-order valence-corrected chi connectivity index (χ0v) is 12.6. The van der Waals surface area contributed by atoms with Gasteiger partial charge in [0.15, 0.2) is 0 Å². The van der Waals surface area contributed by atoms with Gasteiger partial charge in [-0.25, -0.2) is 9.97 Å². The molecule has 2 aliphatic heterocycles. The quantitative estimate of drug-likeness (QED) is 0.816. The fourth-order valence-electron chi connectivity index (χ4n) is 3.34. The van der Waals surface area contributed by atoms with Crippen LogP contribution in [0.15, 0.2) is 18.5 Å². The van der Waals surface area contributed by atoms with E-state index in [2.05, 4.69) is 28.7 Å². The lowest BCUT2D eigenvalue weighted by atomic mass is 10.0. The molecule has 0 aliphatic carbocycles. The van der Waals surface area contributed by atoms with E-state index in [1.54, 1.807) is 12.4 Å². The number of anilines is 1. The summed E-state index contributed by atoms with van der Waals surface area (Å²) in [6.45, 7) is 6.07. The van der Waals surface area contributed by atoms with Crippen molar-refractivity contribution in [2.45, 2.75) is 44.9 Å². The van der Waals surface area contributed by atoms with Crippen LogP contribution in [-0.2, 0) is 9.53 Å². The molecule has 2 atom stereocenters. The minimum absolute atomic E-state index is 0.107. The summed E-state index contributed by atoms with van der Waals surface area (Å²) < 4.78 is 5.78. The second-order valence-electron chi connectivity index (χ2n) is 5.92. The molecule has 0 N–H and O–H groups in total. The van der Waals surface area contributed by atoms with Gasteiger partial charge in [-0.2, -0.15) is 0 Å². The first-order valence-corrected chi connectivity index (χ1v) is 7.61. The Morgan fingerprint density at radius 3 is 2.67 bits per heavy atom. The number of rotatable bonds is 2. The lowest BCUT2D eigenvalue weighted by Crippen LogP contribution is -2.56. The van der Waals surface area contributed by atoms with Crippen LogP contribution in [0.2, 0.25) is 0 Å². The Balaban J connectivity index is 1.76. The van der Waals surface area contributed by atoms with Gasteiger partial charge in [0.05, 0.1) is 12.1 Å². The van der Waals surface area contributed by atoms with Crippen LogP contribution in [-0.4, -0.2) is 58.7 Å². The molecule has 114 valence electrons. The standard InChI is InChI=1S/C15H22N4O2/c1-11(2)19-12-4-8-18(15-16-6-3-7-17-15)9-5-13(12)21-10-14(19)20/h3,6-7,11-13H,4-5,8-10H2,1-2H3/t12-,13-/m0/s1. The predicted molar refractivity (Wildman–Crippen MR) is 79.0 cm³/mol. The first kappa shape index (κ1) is 14.3. The van der Waals surface area contributed by atoms with E-state index in [1.807, 2.05) is 11.0 Å². The van der Waals surface area contributed by atoms with E-state index < -0.39 is 0 Å². The van der Waals surface area contributed by atoms with Gasteiger partial charge < -0.3 is 14.5 Å². The number of aromatic nitrogens is 2. The van der Waals surface area contributed by atoms with Crippen LogP contribution in [0, 0.1) is 0 Å². The van der Waals surface area contributed by atoms with Crippen LogP contribution in [0.5, 0.6) is 0 Å². The molecule has 21 heavy (non-hydrogen) atoms. The molecule has 2 saturated heterocycles. The van der Waals surface area contributed by atoms with Gasteiger partial charge in [-0.3, -0.25) is 4.79 Å². The maximum atomic E-state index is 12.1. The number of morpholine rings is 1. The average molecular weight is 290 g/mol. The summed E-state index contributed by atoms with van der Waals surface area (Å²) >= 11 is 0. The molecule has 0 unspecified atom stereocenters. The Morgan fingerprint density at radius 1 is 1.24 bits per heavy atom. The number of hydrogen-bond acceptors (Lipinski definition) is 5. The van der Waals surface area contributed by atoms with E-state index in [0.29, 0.717) is 0 Å². The number of carbonyl (C=O) groups excluding carboxylic acids is 1. The van der Waals surface area contributed by atoms with Crippen LogP contribution >= 0.6 is 0 Å². The summed E-state index contributed by atoms with van der Waals surface area (Å²) in [6.07, 6.45) is 5.45. The van der Waals surface area contributed by atoms with Crippen LogP contribution in [0.1, 0.15) is 26.7 Å². The molecule has 6 nitrogen and oxygen atoms in total. The molecule has 6 heteroatoms. The molecule has 0 bridgehead atoms. The summed E-state index contributed by atoms with van der Waals surface area (Å²) in [5.41, 5.74) is 0. The third-order valence-corrected chi connectivity index (χ3v) is 4.26. The lowest BCUT2D eigenvalue weighted by Gasteiger charge is -2.42. The fraction of sp³-hybridized carbons (Fsp3) is 0.667.